The van der Waals surface area contributed by atoms with Crippen molar-refractivity contribution in [3.63, 3.8) is 0 Å². The fraction of sp³-hybridized carbons (Fsp3) is 0.889. The van der Waals surface area contributed by atoms with Crippen molar-refractivity contribution in [3.05, 3.63) is 11.8 Å². The van der Waals surface area contributed by atoms with Crippen LogP contribution in [0.3, 0.4) is 0 Å². The molecule has 3 nitrogen and oxygen atoms in total. The van der Waals surface area contributed by atoms with Gasteiger partial charge in [0.1, 0.15) is 5.78 Å². The van der Waals surface area contributed by atoms with Crippen LogP contribution in [0, 0.1) is 28.6 Å². The first-order valence-corrected chi connectivity index (χ1v) is 15.2. The summed E-state index contributed by atoms with van der Waals surface area (Å²) in [5.41, 5.74) is 3.82. The maximum absolute atomic E-state index is 12.3. The molecule has 0 aromatic heterocycles. The molecule has 0 amide bonds. The first-order chi connectivity index (χ1) is 14.4. The summed E-state index contributed by atoms with van der Waals surface area (Å²) in [5.74, 6) is 2.46. The Kier molecular flexibility index (Phi) is 6.08. The molecule has 31 heavy (non-hydrogen) atoms. The number of carbonyl (C=O) groups is 1. The summed E-state index contributed by atoms with van der Waals surface area (Å²) < 4.78 is 7.17. The zero-order chi connectivity index (χ0) is 22.8. The predicted octanol–water partition coefficient (Wildman–Crippen LogP) is 6.85. The minimum atomic E-state index is -1.88. The van der Waals surface area contributed by atoms with Crippen molar-refractivity contribution < 1.29 is 9.22 Å². The van der Waals surface area contributed by atoms with Crippen LogP contribution in [-0.4, -0.2) is 26.7 Å². The average molecular weight is 446 g/mol. The molecule has 0 aromatic carbocycles. The Bertz CT molecular complexity index is 722. The summed E-state index contributed by atoms with van der Waals surface area (Å²) in [5, 5.41) is 3.89. The third-order valence-electron chi connectivity index (χ3n) is 10.3. The van der Waals surface area contributed by atoms with Crippen LogP contribution >= 0.6 is 0 Å². The van der Waals surface area contributed by atoms with Gasteiger partial charge in [0.15, 0.2) is 0 Å². The molecule has 1 heterocycles. The maximum atomic E-state index is 12.3. The molecule has 0 spiro atoms. The molecule has 0 radical (unpaired) electrons. The maximum Gasteiger partial charge on any atom is 0.201 e. The van der Waals surface area contributed by atoms with Gasteiger partial charge in [-0.3, -0.25) is 4.79 Å². The Morgan fingerprint density at radius 3 is 2.26 bits per heavy atom. The van der Waals surface area contributed by atoms with Crippen LogP contribution < -0.4 is 5.32 Å². The number of hydrogen-bond donors (Lipinski definition) is 1. The van der Waals surface area contributed by atoms with E-state index >= 15 is 0 Å². The molecule has 1 saturated heterocycles. The van der Waals surface area contributed by atoms with E-state index in [1.165, 1.54) is 25.0 Å². The van der Waals surface area contributed by atoms with E-state index in [2.05, 4.69) is 66.8 Å². The summed E-state index contributed by atoms with van der Waals surface area (Å²) in [4.78, 5) is 12.3. The lowest BCUT2D eigenvalue weighted by molar-refractivity contribution is -0.118. The second-order valence-corrected chi connectivity index (χ2v) is 18.3. The Morgan fingerprint density at radius 1 is 1.00 bits per heavy atom. The van der Waals surface area contributed by atoms with Crippen molar-refractivity contribution in [2.24, 2.45) is 28.6 Å². The van der Waals surface area contributed by atoms with E-state index in [4.69, 9.17) is 4.43 Å². The van der Waals surface area contributed by atoms with Gasteiger partial charge in [-0.05, 0) is 71.6 Å². The van der Waals surface area contributed by atoms with Gasteiger partial charge in [0, 0.05) is 30.5 Å². The SMILES string of the molecule is CC(C)[Si](OC1C=C2NC[C@@H]3[C@@H](CC[C@]4(C)CC(=O)C[C@@H]34)[C@@]2(C)CC1)(C(C)C)C(C)C. The van der Waals surface area contributed by atoms with Crippen molar-refractivity contribution >= 4 is 14.1 Å². The molecule has 176 valence electrons. The lowest BCUT2D eigenvalue weighted by Crippen LogP contribution is -2.57. The molecule has 4 rings (SSSR count). The van der Waals surface area contributed by atoms with Crippen molar-refractivity contribution in [3.8, 4) is 0 Å². The Labute approximate surface area is 192 Å². The average Bonchev–Trinajstić information content (AvgIpc) is 2.99. The highest BCUT2D eigenvalue weighted by atomic mass is 28.4. The van der Waals surface area contributed by atoms with E-state index in [-0.39, 0.29) is 16.9 Å². The topological polar surface area (TPSA) is 38.3 Å². The third-order valence-corrected chi connectivity index (χ3v) is 16.5. The van der Waals surface area contributed by atoms with Crippen molar-refractivity contribution in [2.45, 2.75) is 117 Å². The number of ketones is 1. The molecule has 6 atom stereocenters. The lowest BCUT2D eigenvalue weighted by Gasteiger charge is -2.58. The first-order valence-electron chi connectivity index (χ1n) is 13.1. The highest BCUT2D eigenvalue weighted by molar-refractivity contribution is 6.77. The standard InChI is InChI=1S/C27H47NO2Si/c1-17(2)31(18(3)4,19(5)6)30-21-9-12-27(8)23-10-11-26(7)15-20(29)13-24(26)22(23)16-28-25(27)14-21/h14,17-19,21-24,28H,9-13,15-16H2,1-8H3/t21?,22-,23-,24+,26-,27-/m1/s1. The van der Waals surface area contributed by atoms with Gasteiger partial charge in [0.25, 0.3) is 0 Å². The van der Waals surface area contributed by atoms with Crippen molar-refractivity contribution in [1.82, 2.24) is 5.32 Å². The number of carbonyl (C=O) groups excluding carboxylic acids is 1. The van der Waals surface area contributed by atoms with Crippen LogP contribution in [0.15, 0.2) is 11.8 Å². The number of fused-ring (bicyclic) bond motifs is 5. The van der Waals surface area contributed by atoms with E-state index in [0.717, 1.165) is 25.8 Å². The van der Waals surface area contributed by atoms with Gasteiger partial charge in [0.2, 0.25) is 8.32 Å². The summed E-state index contributed by atoms with van der Waals surface area (Å²) in [6.45, 7) is 20.3. The monoisotopic (exact) mass is 445 g/mol. The molecule has 3 fully saturated rings. The number of Topliss-reactive ketones (excluding diaryl/α,β-unsaturated/α-hetero) is 1. The van der Waals surface area contributed by atoms with Gasteiger partial charge in [-0.25, -0.2) is 0 Å². The van der Waals surface area contributed by atoms with Crippen LogP contribution in [0.4, 0.5) is 0 Å². The molecule has 1 N–H and O–H groups in total. The van der Waals surface area contributed by atoms with E-state index in [9.17, 15) is 4.79 Å². The number of rotatable bonds is 5. The molecule has 3 aliphatic carbocycles. The highest BCUT2D eigenvalue weighted by Crippen LogP contribution is 2.62. The van der Waals surface area contributed by atoms with Gasteiger partial charge in [0.05, 0.1) is 6.10 Å². The van der Waals surface area contributed by atoms with Gasteiger partial charge in [-0.2, -0.15) is 0 Å². The van der Waals surface area contributed by atoms with Crippen LogP contribution in [0.1, 0.15) is 93.9 Å². The summed E-state index contributed by atoms with van der Waals surface area (Å²) in [6, 6.07) is 0. The lowest BCUT2D eigenvalue weighted by atomic mass is 9.51. The molecule has 4 heteroatoms. The second-order valence-electron chi connectivity index (χ2n) is 12.9. The van der Waals surface area contributed by atoms with E-state index < -0.39 is 8.32 Å². The van der Waals surface area contributed by atoms with Crippen molar-refractivity contribution in [2.75, 3.05) is 6.54 Å². The van der Waals surface area contributed by atoms with E-state index in [0.29, 0.717) is 40.2 Å². The van der Waals surface area contributed by atoms with Crippen LogP contribution in [0.5, 0.6) is 0 Å². The second kappa shape index (κ2) is 8.01. The highest BCUT2D eigenvalue weighted by Gasteiger charge is 2.58. The summed E-state index contributed by atoms with van der Waals surface area (Å²) >= 11 is 0. The number of nitrogens with one attached hydrogen (secondary N) is 1. The molecule has 1 aliphatic heterocycles. The number of allylic oxidation sites excluding steroid dienone is 1. The first kappa shape index (κ1) is 23.5. The zero-order valence-corrected chi connectivity index (χ0v) is 22.4. The number of piperidine rings is 1. The molecule has 0 bridgehead atoms. The predicted molar refractivity (Wildman–Crippen MR) is 131 cm³/mol. The Morgan fingerprint density at radius 2 is 1.65 bits per heavy atom. The van der Waals surface area contributed by atoms with E-state index in [1.807, 2.05) is 0 Å². The van der Waals surface area contributed by atoms with Crippen LogP contribution in [-0.2, 0) is 9.22 Å². The normalized spacial score (nSPS) is 40.5. The molecule has 0 aromatic rings. The molecule has 4 aliphatic rings. The number of hydrogen-bond acceptors (Lipinski definition) is 3. The fourth-order valence-corrected chi connectivity index (χ4v) is 14.3. The molecule has 2 saturated carbocycles. The van der Waals surface area contributed by atoms with Gasteiger partial charge >= 0.3 is 0 Å². The van der Waals surface area contributed by atoms with Crippen LogP contribution in [0.25, 0.3) is 0 Å². The van der Waals surface area contributed by atoms with E-state index in [1.54, 1.807) is 0 Å². The van der Waals surface area contributed by atoms with Gasteiger partial charge in [-0.15, -0.1) is 0 Å². The third kappa shape index (κ3) is 3.59. The quantitative estimate of drug-likeness (QED) is 0.470. The zero-order valence-electron chi connectivity index (χ0n) is 21.4. The summed E-state index contributed by atoms with van der Waals surface area (Å²) in [6.07, 6.45) is 9.27. The fourth-order valence-electron chi connectivity index (χ4n) is 8.82. The van der Waals surface area contributed by atoms with Gasteiger partial charge < -0.3 is 9.74 Å². The smallest absolute Gasteiger partial charge is 0.201 e. The minimum absolute atomic E-state index is 0.230. The Balaban J connectivity index is 1.58. The molecular formula is C27H47NO2Si. The summed E-state index contributed by atoms with van der Waals surface area (Å²) in [7, 11) is -1.88. The van der Waals surface area contributed by atoms with Crippen LogP contribution in [0.2, 0.25) is 16.6 Å². The molecular weight excluding hydrogens is 398 g/mol. The minimum Gasteiger partial charge on any atom is -0.410 e. The van der Waals surface area contributed by atoms with Crippen molar-refractivity contribution in [1.29, 1.82) is 0 Å². The largest absolute Gasteiger partial charge is 0.410 e. The Hall–Kier alpha value is -0.613. The molecule has 1 unspecified atom stereocenters. The van der Waals surface area contributed by atoms with Gasteiger partial charge in [-0.1, -0.05) is 55.4 Å².